The molecular formula is C23H20ClN5S2. The van der Waals surface area contributed by atoms with Crippen LogP contribution < -0.4 is 15.4 Å². The Morgan fingerprint density at radius 3 is 2.13 bits per heavy atom. The zero-order valence-electron chi connectivity index (χ0n) is 17.0. The van der Waals surface area contributed by atoms with Gasteiger partial charge < -0.3 is 10.6 Å². The molecule has 0 aliphatic heterocycles. The Balaban J connectivity index is 1.71. The topological polar surface area (TPSA) is 54.2 Å². The predicted octanol–water partition coefficient (Wildman–Crippen LogP) is 6.25. The Labute approximate surface area is 195 Å². The number of benzene rings is 3. The van der Waals surface area contributed by atoms with E-state index in [0.29, 0.717) is 20.9 Å². The van der Waals surface area contributed by atoms with E-state index in [9.17, 15) is 0 Å². The lowest BCUT2D eigenvalue weighted by atomic mass is 10.2. The lowest BCUT2D eigenvalue weighted by Crippen LogP contribution is -2.19. The van der Waals surface area contributed by atoms with Gasteiger partial charge in [-0.05, 0) is 74.6 Å². The molecule has 31 heavy (non-hydrogen) atoms. The van der Waals surface area contributed by atoms with Crippen LogP contribution in [-0.2, 0) is 0 Å². The minimum atomic E-state index is 0.341. The molecule has 0 bridgehead atoms. The molecule has 0 aliphatic carbocycles. The van der Waals surface area contributed by atoms with Gasteiger partial charge in [-0.25, -0.2) is 0 Å². The van der Waals surface area contributed by atoms with E-state index in [0.717, 1.165) is 17.1 Å². The van der Waals surface area contributed by atoms with E-state index in [-0.39, 0.29) is 0 Å². The molecule has 3 aromatic carbocycles. The number of thiocarbonyl (C=S) groups is 1. The Hall–Kier alpha value is -3.00. The summed E-state index contributed by atoms with van der Waals surface area (Å²) in [5, 5.41) is 7.52. The fourth-order valence-electron chi connectivity index (χ4n) is 2.87. The van der Waals surface area contributed by atoms with Crippen molar-refractivity contribution < 1.29 is 0 Å². The number of halogens is 1. The maximum Gasteiger partial charge on any atom is 0.225 e. The van der Waals surface area contributed by atoms with Crippen LogP contribution in [0.2, 0.25) is 5.02 Å². The number of rotatable bonds is 4. The molecule has 0 atom stereocenters. The van der Waals surface area contributed by atoms with Gasteiger partial charge in [0.05, 0.1) is 5.69 Å². The second-order valence-corrected chi connectivity index (χ2v) is 8.55. The number of nitrogens with one attached hydrogen (secondary N) is 2. The van der Waals surface area contributed by atoms with Gasteiger partial charge in [0, 0.05) is 27.9 Å². The summed E-state index contributed by atoms with van der Waals surface area (Å²) < 4.78 is 6.56. The number of nitrogens with zero attached hydrogens (tertiary/aromatic N) is 3. The van der Waals surface area contributed by atoms with E-state index in [2.05, 4.69) is 58.1 Å². The monoisotopic (exact) mass is 465 g/mol. The maximum atomic E-state index is 5.95. The molecule has 0 amide bonds. The summed E-state index contributed by atoms with van der Waals surface area (Å²) in [4.78, 5) is 5.28. The molecule has 0 unspecified atom stereocenters. The molecule has 0 spiro atoms. The van der Waals surface area contributed by atoms with Gasteiger partial charge in [0.25, 0.3) is 0 Å². The molecule has 2 N–H and O–H groups in total. The van der Waals surface area contributed by atoms with Gasteiger partial charge in [0.1, 0.15) is 0 Å². The van der Waals surface area contributed by atoms with E-state index in [1.165, 1.54) is 22.7 Å². The van der Waals surface area contributed by atoms with Crippen LogP contribution in [0.15, 0.2) is 77.8 Å². The summed E-state index contributed by atoms with van der Waals surface area (Å²) in [7, 11) is 0. The Kier molecular flexibility index (Phi) is 6.46. The van der Waals surface area contributed by atoms with Gasteiger partial charge in [-0.3, -0.25) is 4.57 Å². The van der Waals surface area contributed by atoms with Crippen molar-refractivity contribution in [2.45, 2.75) is 13.8 Å². The van der Waals surface area contributed by atoms with Crippen molar-refractivity contribution in [2.24, 2.45) is 4.99 Å². The van der Waals surface area contributed by atoms with Crippen molar-refractivity contribution >= 4 is 57.8 Å². The first kappa shape index (κ1) is 21.2. The molecule has 8 heteroatoms. The lowest BCUT2D eigenvalue weighted by molar-refractivity contribution is 1.000. The fraction of sp³-hybridized carbons (Fsp3) is 0.0870. The quantitative estimate of drug-likeness (QED) is 0.350. The summed E-state index contributed by atoms with van der Waals surface area (Å²) in [6, 6.07) is 23.7. The third-order valence-corrected chi connectivity index (χ3v) is 5.66. The second kappa shape index (κ2) is 9.43. The molecule has 1 heterocycles. The van der Waals surface area contributed by atoms with Crippen LogP contribution >= 0.6 is 35.4 Å². The first-order valence-electron chi connectivity index (χ1n) is 9.59. The normalized spacial score (nSPS) is 11.4. The first-order valence-corrected chi connectivity index (χ1v) is 11.1. The van der Waals surface area contributed by atoms with Gasteiger partial charge >= 0.3 is 0 Å². The van der Waals surface area contributed by atoms with Crippen molar-refractivity contribution in [1.82, 2.24) is 8.94 Å². The van der Waals surface area contributed by atoms with E-state index in [1.807, 2.05) is 41.0 Å². The van der Waals surface area contributed by atoms with E-state index in [4.69, 9.17) is 23.8 Å². The minimum absolute atomic E-state index is 0.341. The average molecular weight is 466 g/mol. The number of aromatic nitrogens is 2. The van der Waals surface area contributed by atoms with Gasteiger partial charge in [-0.1, -0.05) is 47.0 Å². The van der Waals surface area contributed by atoms with E-state index >= 15 is 0 Å². The summed E-state index contributed by atoms with van der Waals surface area (Å²) in [5.41, 5.74) is 5.10. The number of hydrogen-bond acceptors (Lipinski definition) is 4. The Morgan fingerprint density at radius 2 is 1.48 bits per heavy atom. The highest BCUT2D eigenvalue weighted by molar-refractivity contribution is 7.80. The third-order valence-electron chi connectivity index (χ3n) is 4.51. The highest BCUT2D eigenvalue weighted by atomic mass is 35.5. The highest BCUT2D eigenvalue weighted by Crippen LogP contribution is 2.19. The summed E-state index contributed by atoms with van der Waals surface area (Å²) in [6.07, 6.45) is 0. The average Bonchev–Trinajstić information content (AvgIpc) is 3.14. The Bertz CT molecular complexity index is 1260. The van der Waals surface area contributed by atoms with Crippen molar-refractivity contribution in [3.8, 4) is 5.69 Å². The van der Waals surface area contributed by atoms with Crippen LogP contribution in [0.1, 0.15) is 11.1 Å². The van der Waals surface area contributed by atoms with Crippen molar-refractivity contribution in [3.63, 3.8) is 0 Å². The minimum Gasteiger partial charge on any atom is -0.331 e. The van der Waals surface area contributed by atoms with Crippen molar-refractivity contribution in [1.29, 1.82) is 0 Å². The molecular weight excluding hydrogens is 446 g/mol. The number of hydrogen-bond donors (Lipinski definition) is 2. The number of anilines is 3. The third kappa shape index (κ3) is 5.38. The zero-order chi connectivity index (χ0) is 21.8. The lowest BCUT2D eigenvalue weighted by Gasteiger charge is -2.10. The largest absolute Gasteiger partial charge is 0.331 e. The molecule has 0 fully saturated rings. The molecule has 0 saturated heterocycles. The maximum absolute atomic E-state index is 5.95. The van der Waals surface area contributed by atoms with E-state index in [1.54, 1.807) is 12.1 Å². The van der Waals surface area contributed by atoms with Crippen LogP contribution in [-0.4, -0.2) is 14.1 Å². The molecule has 0 saturated carbocycles. The molecule has 156 valence electrons. The SMILES string of the molecule is Cc1ccc(Nc2ns/c(=N\C(=S)Nc3ccc(Cl)cc3)n2-c2ccc(C)cc2)cc1. The predicted molar refractivity (Wildman–Crippen MR) is 134 cm³/mol. The first-order chi connectivity index (χ1) is 15.0. The van der Waals surface area contributed by atoms with Gasteiger partial charge in [0.15, 0.2) is 5.11 Å². The molecule has 0 aliphatic rings. The summed E-state index contributed by atoms with van der Waals surface area (Å²) in [5.74, 6) is 0.672. The van der Waals surface area contributed by atoms with Gasteiger partial charge in [-0.15, -0.1) is 0 Å². The van der Waals surface area contributed by atoms with E-state index < -0.39 is 0 Å². The second-order valence-electron chi connectivity index (χ2n) is 7.00. The molecule has 0 radical (unpaired) electrons. The van der Waals surface area contributed by atoms with Crippen molar-refractivity contribution in [3.05, 3.63) is 93.7 Å². The summed E-state index contributed by atoms with van der Waals surface area (Å²) >= 11 is 12.7. The molecule has 4 rings (SSSR count). The highest BCUT2D eigenvalue weighted by Gasteiger charge is 2.11. The van der Waals surface area contributed by atoms with Crippen LogP contribution in [0.25, 0.3) is 5.69 Å². The van der Waals surface area contributed by atoms with Crippen LogP contribution in [0.5, 0.6) is 0 Å². The molecule has 1 aromatic heterocycles. The number of aryl methyl sites for hydroxylation is 2. The van der Waals surface area contributed by atoms with Gasteiger partial charge in [0.2, 0.25) is 10.7 Å². The van der Waals surface area contributed by atoms with Crippen LogP contribution in [0, 0.1) is 13.8 Å². The molecule has 4 aromatic rings. The van der Waals surface area contributed by atoms with Crippen LogP contribution in [0.3, 0.4) is 0 Å². The smallest absolute Gasteiger partial charge is 0.225 e. The fourth-order valence-corrected chi connectivity index (χ4v) is 3.96. The Morgan fingerprint density at radius 1 is 0.903 bits per heavy atom. The van der Waals surface area contributed by atoms with Gasteiger partial charge in [-0.2, -0.15) is 9.37 Å². The zero-order valence-corrected chi connectivity index (χ0v) is 19.4. The summed E-state index contributed by atoms with van der Waals surface area (Å²) in [6.45, 7) is 4.12. The molecule has 5 nitrogen and oxygen atoms in total. The van der Waals surface area contributed by atoms with Crippen LogP contribution in [0.4, 0.5) is 17.3 Å². The standard InChI is InChI=1S/C23H20ClN5S2/c1-15-3-9-18(10-4-15)25-21-28-31-23(29(21)20-13-5-16(2)6-14-20)27-22(30)26-19-11-7-17(24)8-12-19/h3-14H,1-2H3,(H,25,28)(H,26,30)/b27-23-. The van der Waals surface area contributed by atoms with Crippen molar-refractivity contribution in [2.75, 3.05) is 10.6 Å².